The molecular formula is C29H24F3N3O4. The zero-order valence-electron chi connectivity index (χ0n) is 20.8. The van der Waals surface area contributed by atoms with Crippen molar-refractivity contribution in [3.05, 3.63) is 102 Å². The number of ether oxygens (including phenoxy) is 1. The highest BCUT2D eigenvalue weighted by Crippen LogP contribution is 2.48. The number of nitrogens with one attached hydrogen (secondary N) is 1. The van der Waals surface area contributed by atoms with Crippen molar-refractivity contribution in [2.75, 3.05) is 5.32 Å². The molecule has 1 unspecified atom stereocenters. The number of amides is 1. The SMILES string of the molecule is CC(OC(=O)Nc1c(C(F)(F)F)cnn1-c1ccc(-c2ccc(C3(C(=O)O)CC3)cc2)cc1)c1ccccc1. The van der Waals surface area contributed by atoms with Crippen molar-refractivity contribution in [2.24, 2.45) is 0 Å². The minimum atomic E-state index is -4.76. The van der Waals surface area contributed by atoms with E-state index in [0.29, 0.717) is 30.3 Å². The Balaban J connectivity index is 1.37. The summed E-state index contributed by atoms with van der Waals surface area (Å²) in [5.41, 5.74) is 1.41. The monoisotopic (exact) mass is 535 g/mol. The number of hydrogen-bond acceptors (Lipinski definition) is 4. The number of nitrogens with zero attached hydrogens (tertiary/aromatic N) is 2. The van der Waals surface area contributed by atoms with Crippen LogP contribution in [0.3, 0.4) is 0 Å². The van der Waals surface area contributed by atoms with E-state index >= 15 is 0 Å². The van der Waals surface area contributed by atoms with Crippen LogP contribution in [0.1, 0.15) is 42.6 Å². The summed E-state index contributed by atoms with van der Waals surface area (Å²) < 4.78 is 47.5. The second-order valence-electron chi connectivity index (χ2n) is 9.41. The molecule has 0 bridgehead atoms. The first-order valence-corrected chi connectivity index (χ1v) is 12.2. The minimum absolute atomic E-state index is 0.292. The van der Waals surface area contributed by atoms with Gasteiger partial charge in [-0.2, -0.15) is 18.3 Å². The largest absolute Gasteiger partial charge is 0.481 e. The molecule has 1 amide bonds. The van der Waals surface area contributed by atoms with Crippen molar-refractivity contribution in [3.63, 3.8) is 0 Å². The van der Waals surface area contributed by atoms with Crippen molar-refractivity contribution in [1.82, 2.24) is 9.78 Å². The predicted molar refractivity (Wildman–Crippen MR) is 138 cm³/mol. The first-order valence-electron chi connectivity index (χ1n) is 12.2. The Hall–Kier alpha value is -4.60. The number of rotatable bonds is 7. The fourth-order valence-corrected chi connectivity index (χ4v) is 4.48. The van der Waals surface area contributed by atoms with Crippen molar-refractivity contribution < 1.29 is 32.6 Å². The molecule has 0 aliphatic heterocycles. The Labute approximate surface area is 221 Å². The van der Waals surface area contributed by atoms with E-state index in [4.69, 9.17) is 4.74 Å². The summed E-state index contributed by atoms with van der Waals surface area (Å²) in [5, 5.41) is 15.6. The quantitative estimate of drug-likeness (QED) is 0.266. The standard InChI is InChI=1S/C29H24F3N3O4/c1-18(19-5-3-2-4-6-19)39-27(38)34-25-24(29(30,31)32)17-33-35(25)23-13-9-21(10-14-23)20-7-11-22(12-8-20)28(15-16-28)26(36)37/h2-14,17-18H,15-16H2,1H3,(H,34,38)(H,36,37). The number of anilines is 1. The van der Waals surface area contributed by atoms with Gasteiger partial charge in [-0.05, 0) is 54.2 Å². The molecule has 4 aromatic rings. The molecule has 5 rings (SSSR count). The van der Waals surface area contributed by atoms with Gasteiger partial charge in [-0.1, -0.05) is 66.7 Å². The average molecular weight is 536 g/mol. The third-order valence-electron chi connectivity index (χ3n) is 6.89. The average Bonchev–Trinajstić information content (AvgIpc) is 3.63. The van der Waals surface area contributed by atoms with Crippen molar-refractivity contribution >= 4 is 17.9 Å². The molecule has 200 valence electrons. The van der Waals surface area contributed by atoms with Gasteiger partial charge in [0.1, 0.15) is 11.7 Å². The van der Waals surface area contributed by atoms with Crippen LogP contribution in [0.5, 0.6) is 0 Å². The van der Waals surface area contributed by atoms with Crippen molar-refractivity contribution in [1.29, 1.82) is 0 Å². The summed E-state index contributed by atoms with van der Waals surface area (Å²) in [6.07, 6.45) is -4.63. The molecule has 7 nitrogen and oxygen atoms in total. The molecule has 3 aromatic carbocycles. The number of aromatic nitrogens is 2. The fourth-order valence-electron chi connectivity index (χ4n) is 4.48. The molecule has 0 spiro atoms. The number of benzene rings is 3. The number of carbonyl (C=O) groups excluding carboxylic acids is 1. The van der Waals surface area contributed by atoms with Gasteiger partial charge in [-0.3, -0.25) is 10.1 Å². The van der Waals surface area contributed by atoms with Crippen LogP contribution in [0.25, 0.3) is 16.8 Å². The fraction of sp³-hybridized carbons (Fsp3) is 0.207. The van der Waals surface area contributed by atoms with Gasteiger partial charge in [0.05, 0.1) is 17.3 Å². The van der Waals surface area contributed by atoms with Gasteiger partial charge < -0.3 is 9.84 Å². The molecule has 1 saturated carbocycles. The minimum Gasteiger partial charge on any atom is -0.481 e. The lowest BCUT2D eigenvalue weighted by atomic mass is 9.94. The molecule has 0 saturated heterocycles. The van der Waals surface area contributed by atoms with E-state index in [1.165, 1.54) is 0 Å². The summed E-state index contributed by atoms with van der Waals surface area (Å²) in [6, 6.07) is 22.6. The predicted octanol–water partition coefficient (Wildman–Crippen LogP) is 6.98. The van der Waals surface area contributed by atoms with E-state index < -0.39 is 41.1 Å². The lowest BCUT2D eigenvalue weighted by molar-refractivity contribution is -0.140. The van der Waals surface area contributed by atoms with Gasteiger partial charge in [-0.25, -0.2) is 9.48 Å². The highest BCUT2D eigenvalue weighted by Gasteiger charge is 2.51. The van der Waals surface area contributed by atoms with Crippen molar-refractivity contribution in [3.8, 4) is 16.8 Å². The zero-order valence-corrected chi connectivity index (χ0v) is 20.8. The maximum atomic E-state index is 13.7. The van der Waals surface area contributed by atoms with Gasteiger partial charge in [0.2, 0.25) is 0 Å². The molecule has 1 aliphatic carbocycles. The lowest BCUT2D eigenvalue weighted by Crippen LogP contribution is -2.20. The van der Waals surface area contributed by atoms with Crippen LogP contribution in [0.2, 0.25) is 0 Å². The number of hydrogen-bond donors (Lipinski definition) is 2. The van der Waals surface area contributed by atoms with Crippen LogP contribution in [0, 0.1) is 0 Å². The molecule has 1 aliphatic rings. The smallest absolute Gasteiger partial charge is 0.421 e. The lowest BCUT2D eigenvalue weighted by Gasteiger charge is -2.16. The number of aliphatic carboxylic acids is 1. The summed E-state index contributed by atoms with van der Waals surface area (Å²) in [5.74, 6) is -1.40. The van der Waals surface area contributed by atoms with Crippen LogP contribution in [0.4, 0.5) is 23.8 Å². The summed E-state index contributed by atoms with van der Waals surface area (Å²) in [7, 11) is 0. The summed E-state index contributed by atoms with van der Waals surface area (Å²) in [6.45, 7) is 1.62. The number of carboxylic acid groups (broad SMARTS) is 1. The van der Waals surface area contributed by atoms with Crippen LogP contribution in [-0.4, -0.2) is 26.9 Å². The molecule has 1 aromatic heterocycles. The number of alkyl halides is 3. The van der Waals surface area contributed by atoms with Crippen LogP contribution >= 0.6 is 0 Å². The van der Waals surface area contributed by atoms with Crippen LogP contribution < -0.4 is 5.32 Å². The van der Waals surface area contributed by atoms with Gasteiger partial charge >= 0.3 is 18.2 Å². The van der Waals surface area contributed by atoms with E-state index in [1.54, 1.807) is 73.7 Å². The van der Waals surface area contributed by atoms with Crippen LogP contribution in [-0.2, 0) is 21.1 Å². The first-order chi connectivity index (χ1) is 18.6. The third kappa shape index (κ3) is 5.22. The van der Waals surface area contributed by atoms with Gasteiger partial charge in [0.15, 0.2) is 5.82 Å². The number of carboxylic acids is 1. The molecule has 1 atom stereocenters. The Bertz CT molecular complexity index is 1490. The van der Waals surface area contributed by atoms with E-state index in [9.17, 15) is 27.9 Å². The van der Waals surface area contributed by atoms with E-state index in [2.05, 4.69) is 10.4 Å². The Morgan fingerprint density at radius 2 is 1.56 bits per heavy atom. The zero-order chi connectivity index (χ0) is 27.8. The van der Waals surface area contributed by atoms with E-state index in [-0.39, 0.29) is 0 Å². The maximum absolute atomic E-state index is 13.7. The van der Waals surface area contributed by atoms with Crippen LogP contribution in [0.15, 0.2) is 85.1 Å². The number of carbonyl (C=O) groups is 2. The topological polar surface area (TPSA) is 93.5 Å². The maximum Gasteiger partial charge on any atom is 0.421 e. The normalized spacial score (nSPS) is 14.9. The summed E-state index contributed by atoms with van der Waals surface area (Å²) >= 11 is 0. The van der Waals surface area contributed by atoms with E-state index in [0.717, 1.165) is 21.4 Å². The van der Waals surface area contributed by atoms with Gasteiger partial charge in [-0.15, -0.1) is 0 Å². The third-order valence-corrected chi connectivity index (χ3v) is 6.89. The van der Waals surface area contributed by atoms with Gasteiger partial charge in [0, 0.05) is 0 Å². The molecule has 10 heteroatoms. The molecular weight excluding hydrogens is 511 g/mol. The Morgan fingerprint density at radius 3 is 2.10 bits per heavy atom. The molecule has 1 fully saturated rings. The molecule has 2 N–H and O–H groups in total. The highest BCUT2D eigenvalue weighted by atomic mass is 19.4. The molecule has 1 heterocycles. The molecule has 0 radical (unpaired) electrons. The number of halogens is 3. The first kappa shape index (κ1) is 26.0. The van der Waals surface area contributed by atoms with Crippen molar-refractivity contribution in [2.45, 2.75) is 37.5 Å². The molecule has 39 heavy (non-hydrogen) atoms. The second-order valence-corrected chi connectivity index (χ2v) is 9.41. The summed E-state index contributed by atoms with van der Waals surface area (Å²) in [4.78, 5) is 24.1. The van der Waals surface area contributed by atoms with E-state index in [1.807, 2.05) is 12.1 Å². The van der Waals surface area contributed by atoms with Gasteiger partial charge in [0.25, 0.3) is 0 Å². The Kier molecular flexibility index (Phi) is 6.63. The Morgan fingerprint density at radius 1 is 0.974 bits per heavy atom. The highest BCUT2D eigenvalue weighted by molar-refractivity contribution is 5.86. The second kappa shape index (κ2) is 9.94.